The van der Waals surface area contributed by atoms with Gasteiger partial charge in [-0.3, -0.25) is 5.43 Å². The molecule has 0 atom stereocenters. The van der Waals surface area contributed by atoms with Gasteiger partial charge in [0.2, 0.25) is 0 Å². The minimum absolute atomic E-state index is 0.0609. The molecule has 19 heavy (non-hydrogen) atoms. The minimum atomic E-state index is -2.87. The lowest BCUT2D eigenvalue weighted by atomic mass is 10.2. The van der Waals surface area contributed by atoms with E-state index in [0.717, 1.165) is 0 Å². The second kappa shape index (κ2) is 7.63. The van der Waals surface area contributed by atoms with E-state index in [1.165, 1.54) is 12.3 Å². The van der Waals surface area contributed by atoms with E-state index in [-0.39, 0.29) is 11.8 Å². The van der Waals surface area contributed by atoms with Gasteiger partial charge in [-0.05, 0) is 38.2 Å². The summed E-state index contributed by atoms with van der Waals surface area (Å²) in [6.07, 6.45) is 1.37. The number of hydrazone groups is 1. The van der Waals surface area contributed by atoms with E-state index in [9.17, 15) is 8.78 Å². The van der Waals surface area contributed by atoms with E-state index >= 15 is 0 Å². The number of nitrogens with one attached hydrogen (secondary N) is 2. The molecule has 0 aliphatic carbocycles. The summed E-state index contributed by atoms with van der Waals surface area (Å²) in [4.78, 5) is 0. The highest BCUT2D eigenvalue weighted by molar-refractivity contribution is 7.80. The second-order valence-corrected chi connectivity index (χ2v) is 4.32. The normalized spacial score (nSPS) is 11.1. The Morgan fingerprint density at radius 3 is 2.68 bits per heavy atom. The van der Waals surface area contributed by atoms with E-state index in [1.807, 2.05) is 13.8 Å². The molecule has 104 valence electrons. The number of hydrogen-bond donors (Lipinski definition) is 2. The van der Waals surface area contributed by atoms with Crippen LogP contribution >= 0.6 is 12.2 Å². The Balaban J connectivity index is 2.63. The van der Waals surface area contributed by atoms with Gasteiger partial charge in [-0.1, -0.05) is 12.1 Å². The molecule has 0 unspecified atom stereocenters. The van der Waals surface area contributed by atoms with E-state index in [2.05, 4.69) is 20.6 Å². The van der Waals surface area contributed by atoms with Crippen LogP contribution in [0.15, 0.2) is 29.4 Å². The second-order valence-electron chi connectivity index (χ2n) is 3.91. The van der Waals surface area contributed by atoms with Crippen LogP contribution in [0.5, 0.6) is 5.75 Å². The smallest absolute Gasteiger partial charge is 0.387 e. The predicted molar refractivity (Wildman–Crippen MR) is 74.7 cm³/mol. The molecule has 0 fully saturated rings. The highest BCUT2D eigenvalue weighted by Crippen LogP contribution is 2.18. The molecule has 4 nitrogen and oxygen atoms in total. The molecule has 0 aliphatic rings. The molecule has 0 amide bonds. The molecule has 0 saturated carbocycles. The average Bonchev–Trinajstić information content (AvgIpc) is 2.29. The molecule has 0 spiro atoms. The fourth-order valence-electron chi connectivity index (χ4n) is 1.25. The lowest BCUT2D eigenvalue weighted by Gasteiger charge is -2.10. The van der Waals surface area contributed by atoms with Crippen molar-refractivity contribution in [3.63, 3.8) is 0 Å². The number of rotatable bonds is 5. The first-order chi connectivity index (χ1) is 8.99. The first kappa shape index (κ1) is 15.3. The van der Waals surface area contributed by atoms with Gasteiger partial charge < -0.3 is 10.1 Å². The summed E-state index contributed by atoms with van der Waals surface area (Å²) in [5.41, 5.74) is 3.02. The first-order valence-corrected chi connectivity index (χ1v) is 6.03. The van der Waals surface area contributed by atoms with Crippen molar-refractivity contribution < 1.29 is 13.5 Å². The van der Waals surface area contributed by atoms with Gasteiger partial charge in [0.15, 0.2) is 5.11 Å². The zero-order chi connectivity index (χ0) is 14.3. The quantitative estimate of drug-likeness (QED) is 0.496. The molecule has 1 rings (SSSR count). The average molecular weight is 287 g/mol. The van der Waals surface area contributed by atoms with Crippen molar-refractivity contribution in [1.82, 2.24) is 10.7 Å². The number of hydrogen-bond acceptors (Lipinski definition) is 3. The number of alkyl halides is 2. The number of thiocarbonyl (C=S) groups is 1. The third-order valence-electron chi connectivity index (χ3n) is 1.92. The largest absolute Gasteiger partial charge is 0.434 e. The van der Waals surface area contributed by atoms with Crippen LogP contribution in [-0.2, 0) is 0 Å². The molecule has 0 heterocycles. The summed E-state index contributed by atoms with van der Waals surface area (Å²) >= 11 is 4.96. The van der Waals surface area contributed by atoms with Crippen LogP contribution in [0, 0.1) is 0 Å². The number of para-hydroxylation sites is 1. The molecule has 0 aromatic heterocycles. The molecule has 0 aliphatic heterocycles. The van der Waals surface area contributed by atoms with Crippen LogP contribution in [-0.4, -0.2) is 24.0 Å². The van der Waals surface area contributed by atoms with Crippen LogP contribution in [0.2, 0.25) is 0 Å². The van der Waals surface area contributed by atoms with Crippen molar-refractivity contribution >= 4 is 23.5 Å². The summed E-state index contributed by atoms with van der Waals surface area (Å²) in [6.45, 7) is 0.999. The van der Waals surface area contributed by atoms with Gasteiger partial charge in [0.1, 0.15) is 5.75 Å². The molecule has 0 radical (unpaired) electrons. The fourth-order valence-corrected chi connectivity index (χ4v) is 1.53. The summed E-state index contributed by atoms with van der Waals surface area (Å²) < 4.78 is 28.7. The third kappa shape index (κ3) is 6.10. The molecule has 0 bridgehead atoms. The zero-order valence-electron chi connectivity index (χ0n) is 10.6. The van der Waals surface area contributed by atoms with E-state index in [0.29, 0.717) is 10.7 Å². The molecule has 2 N–H and O–H groups in total. The van der Waals surface area contributed by atoms with Crippen molar-refractivity contribution in [2.45, 2.75) is 26.5 Å². The number of benzene rings is 1. The maximum atomic E-state index is 12.2. The molecule has 0 saturated heterocycles. The Labute approximate surface area is 115 Å². The summed E-state index contributed by atoms with van der Waals surface area (Å²) in [6, 6.07) is 6.54. The lowest BCUT2D eigenvalue weighted by molar-refractivity contribution is -0.0499. The van der Waals surface area contributed by atoms with Crippen molar-refractivity contribution in [3.8, 4) is 5.75 Å². The summed E-state index contributed by atoms with van der Waals surface area (Å²) in [7, 11) is 0. The number of nitrogens with zero attached hydrogens (tertiary/aromatic N) is 1. The van der Waals surface area contributed by atoms with Crippen molar-refractivity contribution in [1.29, 1.82) is 0 Å². The third-order valence-corrected chi connectivity index (χ3v) is 2.13. The molecule has 1 aromatic rings. The Kier molecular flexibility index (Phi) is 6.14. The summed E-state index contributed by atoms with van der Waals surface area (Å²) in [5, 5.41) is 7.15. The van der Waals surface area contributed by atoms with E-state index in [1.54, 1.807) is 18.2 Å². The van der Waals surface area contributed by atoms with Crippen LogP contribution < -0.4 is 15.5 Å². The lowest BCUT2D eigenvalue weighted by Crippen LogP contribution is -2.36. The highest BCUT2D eigenvalue weighted by atomic mass is 32.1. The van der Waals surface area contributed by atoms with Gasteiger partial charge in [0, 0.05) is 11.6 Å². The van der Waals surface area contributed by atoms with Crippen LogP contribution in [0.1, 0.15) is 19.4 Å². The maximum Gasteiger partial charge on any atom is 0.387 e. The standard InChI is InChI=1S/C12H15F2N3OS/c1-8(2)16-12(19)17-15-7-9-5-3-4-6-10(9)18-11(13)14/h3-8,11H,1-2H3,(H2,16,17,19). The summed E-state index contributed by atoms with van der Waals surface area (Å²) in [5.74, 6) is 0.0609. The molecule has 7 heteroatoms. The predicted octanol–water partition coefficient (Wildman–Crippen LogP) is 2.49. The Bertz CT molecular complexity index is 452. The van der Waals surface area contributed by atoms with E-state index < -0.39 is 6.61 Å². The van der Waals surface area contributed by atoms with Gasteiger partial charge in [0.25, 0.3) is 0 Å². The van der Waals surface area contributed by atoms with Crippen molar-refractivity contribution in [2.24, 2.45) is 5.10 Å². The monoisotopic (exact) mass is 287 g/mol. The van der Waals surface area contributed by atoms with Crippen LogP contribution in [0.4, 0.5) is 8.78 Å². The van der Waals surface area contributed by atoms with Gasteiger partial charge in [0.05, 0.1) is 6.21 Å². The number of ether oxygens (including phenoxy) is 1. The topological polar surface area (TPSA) is 45.7 Å². The molecular weight excluding hydrogens is 272 g/mol. The van der Waals surface area contributed by atoms with Crippen LogP contribution in [0.25, 0.3) is 0 Å². The van der Waals surface area contributed by atoms with Gasteiger partial charge >= 0.3 is 6.61 Å². The molecule has 1 aromatic carbocycles. The zero-order valence-corrected chi connectivity index (χ0v) is 11.4. The van der Waals surface area contributed by atoms with Gasteiger partial charge in [-0.25, -0.2) is 0 Å². The first-order valence-electron chi connectivity index (χ1n) is 5.62. The minimum Gasteiger partial charge on any atom is -0.434 e. The molecular formula is C12H15F2N3OS. The van der Waals surface area contributed by atoms with Gasteiger partial charge in [-0.2, -0.15) is 13.9 Å². The maximum absolute atomic E-state index is 12.2. The van der Waals surface area contributed by atoms with Crippen LogP contribution in [0.3, 0.4) is 0 Å². The van der Waals surface area contributed by atoms with Crippen molar-refractivity contribution in [3.05, 3.63) is 29.8 Å². The Hall–Kier alpha value is -1.76. The van der Waals surface area contributed by atoms with Gasteiger partial charge in [-0.15, -0.1) is 0 Å². The highest BCUT2D eigenvalue weighted by Gasteiger charge is 2.07. The Morgan fingerprint density at radius 2 is 2.05 bits per heavy atom. The fraction of sp³-hybridized carbons (Fsp3) is 0.333. The SMILES string of the molecule is CC(C)NC(=S)NN=Cc1ccccc1OC(F)F. The number of halogens is 2. The van der Waals surface area contributed by atoms with E-state index in [4.69, 9.17) is 12.2 Å². The van der Waals surface area contributed by atoms with Crippen molar-refractivity contribution in [2.75, 3.05) is 0 Å². The Morgan fingerprint density at radius 1 is 1.37 bits per heavy atom.